The summed E-state index contributed by atoms with van der Waals surface area (Å²) in [6.45, 7) is 13.3. The number of carbonyl (C=O) groups is 1. The Morgan fingerprint density at radius 3 is 2.07 bits per heavy atom. The lowest BCUT2D eigenvalue weighted by atomic mass is 9.92. The van der Waals surface area contributed by atoms with E-state index in [9.17, 15) is 4.79 Å². The number of Topliss-reactive ketones (excluding diaryl/α,β-unsaturated/α-hetero) is 1. The van der Waals surface area contributed by atoms with Crippen molar-refractivity contribution in [3.8, 4) is 0 Å². The van der Waals surface area contributed by atoms with Crippen LogP contribution in [0, 0.1) is 5.41 Å². The molecule has 90 valence electrons. The molecule has 0 saturated heterocycles. The highest BCUT2D eigenvalue weighted by Crippen LogP contribution is 2.17. The Morgan fingerprint density at radius 2 is 1.67 bits per heavy atom. The van der Waals surface area contributed by atoms with E-state index in [1.54, 1.807) is 11.8 Å². The maximum atomic E-state index is 11.6. The average Bonchev–Trinajstić information content (AvgIpc) is 1.99. The van der Waals surface area contributed by atoms with Crippen LogP contribution in [0.3, 0.4) is 0 Å². The summed E-state index contributed by atoms with van der Waals surface area (Å²) in [7, 11) is 0. The molecular formula is C12H25NOS. The highest BCUT2D eigenvalue weighted by molar-refractivity contribution is 7.99. The maximum Gasteiger partial charge on any atom is 0.148 e. The van der Waals surface area contributed by atoms with Crippen LogP contribution in [0.1, 0.15) is 41.5 Å². The number of ketones is 1. The third kappa shape index (κ3) is 8.94. The third-order valence-corrected chi connectivity index (χ3v) is 2.93. The van der Waals surface area contributed by atoms with Gasteiger partial charge < -0.3 is 5.32 Å². The summed E-state index contributed by atoms with van der Waals surface area (Å²) < 4.78 is 0. The highest BCUT2D eigenvalue weighted by Gasteiger charge is 2.20. The van der Waals surface area contributed by atoms with Gasteiger partial charge in [0.15, 0.2) is 0 Å². The van der Waals surface area contributed by atoms with Crippen LogP contribution in [-0.2, 0) is 4.79 Å². The molecule has 0 rings (SSSR count). The first kappa shape index (κ1) is 15.0. The molecule has 15 heavy (non-hydrogen) atoms. The molecule has 0 radical (unpaired) electrons. The van der Waals surface area contributed by atoms with E-state index in [4.69, 9.17) is 0 Å². The number of carbonyl (C=O) groups excluding carboxylic acids is 1. The lowest BCUT2D eigenvalue weighted by Crippen LogP contribution is -2.37. The summed E-state index contributed by atoms with van der Waals surface area (Å²) in [6.07, 6.45) is 0. The molecule has 0 unspecified atom stereocenters. The van der Waals surface area contributed by atoms with Crippen molar-refractivity contribution in [2.75, 3.05) is 18.1 Å². The summed E-state index contributed by atoms with van der Waals surface area (Å²) in [5.41, 5.74) is -0.0148. The smallest absolute Gasteiger partial charge is 0.148 e. The molecule has 0 aromatic rings. The summed E-state index contributed by atoms with van der Waals surface area (Å²) in [5.74, 6) is 1.97. The predicted molar refractivity (Wildman–Crippen MR) is 69.5 cm³/mol. The lowest BCUT2D eigenvalue weighted by molar-refractivity contribution is -0.123. The summed E-state index contributed by atoms with van der Waals surface area (Å²) >= 11 is 1.72. The SMILES string of the molecule is CC(C)(C)NCCSCC(=O)C(C)(C)C. The molecule has 0 fully saturated rings. The molecule has 0 aliphatic carbocycles. The van der Waals surface area contributed by atoms with Crippen molar-refractivity contribution in [1.82, 2.24) is 5.32 Å². The van der Waals surface area contributed by atoms with Gasteiger partial charge in [-0.25, -0.2) is 0 Å². The van der Waals surface area contributed by atoms with Crippen LogP contribution in [0.4, 0.5) is 0 Å². The van der Waals surface area contributed by atoms with Gasteiger partial charge in [-0.05, 0) is 20.8 Å². The molecule has 0 atom stereocenters. The fourth-order valence-corrected chi connectivity index (χ4v) is 1.89. The average molecular weight is 231 g/mol. The molecule has 0 spiro atoms. The fraction of sp³-hybridized carbons (Fsp3) is 0.917. The van der Waals surface area contributed by atoms with Crippen molar-refractivity contribution in [3.05, 3.63) is 0 Å². The van der Waals surface area contributed by atoms with Crippen molar-refractivity contribution < 1.29 is 4.79 Å². The number of thioether (sulfide) groups is 1. The van der Waals surface area contributed by atoms with Crippen LogP contribution in [0.25, 0.3) is 0 Å². The van der Waals surface area contributed by atoms with Gasteiger partial charge in [-0.3, -0.25) is 4.79 Å². The second-order valence-electron chi connectivity index (χ2n) is 5.90. The Morgan fingerprint density at radius 1 is 1.13 bits per heavy atom. The normalized spacial score (nSPS) is 12.9. The van der Waals surface area contributed by atoms with E-state index in [0.717, 1.165) is 12.3 Å². The van der Waals surface area contributed by atoms with Gasteiger partial charge >= 0.3 is 0 Å². The molecular weight excluding hydrogens is 206 g/mol. The van der Waals surface area contributed by atoms with Crippen LogP contribution >= 0.6 is 11.8 Å². The quantitative estimate of drug-likeness (QED) is 0.738. The Labute approximate surface area is 98.6 Å². The molecule has 0 aliphatic rings. The molecule has 3 heteroatoms. The molecule has 2 nitrogen and oxygen atoms in total. The minimum absolute atomic E-state index is 0.175. The molecule has 0 saturated carbocycles. The Balaban J connectivity index is 3.53. The van der Waals surface area contributed by atoms with Crippen molar-refractivity contribution >= 4 is 17.5 Å². The van der Waals surface area contributed by atoms with E-state index in [1.807, 2.05) is 20.8 Å². The molecule has 0 amide bonds. The molecule has 0 aromatic heterocycles. The first-order valence-corrected chi connectivity index (χ1v) is 6.64. The van der Waals surface area contributed by atoms with Gasteiger partial charge in [0.05, 0.1) is 5.75 Å². The summed E-state index contributed by atoms with van der Waals surface area (Å²) in [4.78, 5) is 11.6. The zero-order chi connectivity index (χ0) is 12.1. The van der Waals surface area contributed by atoms with Crippen molar-refractivity contribution in [3.63, 3.8) is 0 Å². The maximum absolute atomic E-state index is 11.6. The first-order valence-electron chi connectivity index (χ1n) is 5.49. The van der Waals surface area contributed by atoms with E-state index in [2.05, 4.69) is 26.1 Å². The molecule has 0 bridgehead atoms. The van der Waals surface area contributed by atoms with Crippen LogP contribution in [0.15, 0.2) is 0 Å². The van der Waals surface area contributed by atoms with E-state index in [1.165, 1.54) is 0 Å². The second-order valence-corrected chi connectivity index (χ2v) is 7.01. The van der Waals surface area contributed by atoms with E-state index < -0.39 is 0 Å². The van der Waals surface area contributed by atoms with Crippen LogP contribution in [0.2, 0.25) is 0 Å². The Kier molecular flexibility index (Phi) is 5.89. The van der Waals surface area contributed by atoms with Gasteiger partial charge in [0, 0.05) is 23.3 Å². The highest BCUT2D eigenvalue weighted by atomic mass is 32.2. The van der Waals surface area contributed by atoms with Gasteiger partial charge in [-0.2, -0.15) is 11.8 Å². The molecule has 0 aromatic carbocycles. The van der Waals surface area contributed by atoms with Crippen LogP contribution in [-0.4, -0.2) is 29.4 Å². The van der Waals surface area contributed by atoms with Crippen molar-refractivity contribution in [2.45, 2.75) is 47.1 Å². The number of nitrogens with one attached hydrogen (secondary N) is 1. The third-order valence-electron chi connectivity index (χ3n) is 1.97. The van der Waals surface area contributed by atoms with E-state index in [0.29, 0.717) is 11.5 Å². The van der Waals surface area contributed by atoms with Gasteiger partial charge in [-0.1, -0.05) is 20.8 Å². The van der Waals surface area contributed by atoms with Gasteiger partial charge in [0.2, 0.25) is 0 Å². The predicted octanol–water partition coefficient (Wildman–Crippen LogP) is 2.72. The minimum Gasteiger partial charge on any atom is -0.311 e. The van der Waals surface area contributed by atoms with Gasteiger partial charge in [0.1, 0.15) is 5.78 Å². The van der Waals surface area contributed by atoms with Gasteiger partial charge in [-0.15, -0.1) is 0 Å². The monoisotopic (exact) mass is 231 g/mol. The molecule has 0 aliphatic heterocycles. The van der Waals surface area contributed by atoms with E-state index in [-0.39, 0.29) is 11.0 Å². The minimum atomic E-state index is -0.190. The number of hydrogen-bond acceptors (Lipinski definition) is 3. The fourth-order valence-electron chi connectivity index (χ4n) is 0.880. The van der Waals surface area contributed by atoms with E-state index >= 15 is 0 Å². The largest absolute Gasteiger partial charge is 0.311 e. The molecule has 0 heterocycles. The number of hydrogen-bond donors (Lipinski definition) is 1. The number of rotatable bonds is 5. The Hall–Kier alpha value is -0.0200. The first-order chi connectivity index (χ1) is 6.63. The summed E-state index contributed by atoms with van der Waals surface area (Å²) in [6, 6.07) is 0. The zero-order valence-corrected chi connectivity index (χ0v) is 11.8. The topological polar surface area (TPSA) is 29.1 Å². The summed E-state index contributed by atoms with van der Waals surface area (Å²) in [5, 5.41) is 3.40. The second kappa shape index (κ2) is 5.90. The Bertz CT molecular complexity index is 201. The van der Waals surface area contributed by atoms with Crippen LogP contribution in [0.5, 0.6) is 0 Å². The van der Waals surface area contributed by atoms with Crippen molar-refractivity contribution in [1.29, 1.82) is 0 Å². The standard InChI is InChI=1S/C12H25NOS/c1-11(2,3)10(14)9-15-8-7-13-12(4,5)6/h13H,7-9H2,1-6H3. The molecule has 1 N–H and O–H groups in total. The van der Waals surface area contributed by atoms with Crippen molar-refractivity contribution in [2.24, 2.45) is 5.41 Å². The van der Waals surface area contributed by atoms with Crippen LogP contribution < -0.4 is 5.32 Å². The lowest BCUT2D eigenvalue weighted by Gasteiger charge is -2.20. The van der Waals surface area contributed by atoms with Gasteiger partial charge in [0.25, 0.3) is 0 Å². The zero-order valence-electron chi connectivity index (χ0n) is 10.9.